The molecule has 1 aromatic rings. The van der Waals surface area contributed by atoms with Crippen LogP contribution < -0.4 is 0 Å². The van der Waals surface area contributed by atoms with Gasteiger partial charge in [0.1, 0.15) is 0 Å². The van der Waals surface area contributed by atoms with Crippen molar-refractivity contribution in [1.82, 2.24) is 14.8 Å². The summed E-state index contributed by atoms with van der Waals surface area (Å²) in [6.07, 6.45) is 7.92. The number of amides is 1. The van der Waals surface area contributed by atoms with Crippen LogP contribution in [0.25, 0.3) is 0 Å². The summed E-state index contributed by atoms with van der Waals surface area (Å²) in [4.78, 5) is 22.0. The van der Waals surface area contributed by atoms with E-state index in [0.717, 1.165) is 54.1 Å². The molecule has 2 saturated carbocycles. The van der Waals surface area contributed by atoms with E-state index in [2.05, 4.69) is 25.8 Å². The zero-order valence-corrected chi connectivity index (χ0v) is 14.6. The monoisotopic (exact) mass is 363 g/mol. The number of likely N-dealkylation sites (N-methyl/N-ethyl adjacent to an activating group) is 1. The lowest BCUT2D eigenvalue weighted by Gasteiger charge is -2.26. The predicted octanol–water partition coefficient (Wildman–Crippen LogP) is 3.03. The first kappa shape index (κ1) is 14.6. The first-order chi connectivity index (χ1) is 10.6. The number of pyridine rings is 1. The molecule has 2 aliphatic carbocycles. The van der Waals surface area contributed by atoms with Crippen LogP contribution >= 0.6 is 15.9 Å². The molecule has 3 fully saturated rings. The summed E-state index contributed by atoms with van der Waals surface area (Å²) in [5.74, 6) is 0.630. The first-order valence-corrected chi connectivity index (χ1v) is 9.09. The van der Waals surface area contributed by atoms with Gasteiger partial charge in [0.15, 0.2) is 0 Å². The number of halogens is 1. The van der Waals surface area contributed by atoms with Crippen LogP contribution in [0.5, 0.6) is 0 Å². The second kappa shape index (κ2) is 5.60. The van der Waals surface area contributed by atoms with Gasteiger partial charge in [-0.25, -0.2) is 0 Å². The third-order valence-electron chi connectivity index (χ3n) is 5.21. The maximum absolute atomic E-state index is 13.0. The average molecular weight is 364 g/mol. The number of aromatic nitrogens is 1. The Morgan fingerprint density at radius 2 is 2.09 bits per heavy atom. The standard InChI is InChI=1S/C17H22BrN3O/c1-20(14-6-7-21(10-14)13-4-5-13)17(22)15-8-12(18)9-19-16(15)11-2-3-11/h8-9,11,13-14H,2-7,10H2,1H3. The van der Waals surface area contributed by atoms with Gasteiger partial charge in [0.25, 0.3) is 5.91 Å². The third-order valence-corrected chi connectivity index (χ3v) is 5.64. The van der Waals surface area contributed by atoms with Gasteiger partial charge < -0.3 is 4.90 Å². The Morgan fingerprint density at radius 1 is 1.32 bits per heavy atom. The van der Waals surface area contributed by atoms with Gasteiger partial charge in [-0.1, -0.05) is 0 Å². The summed E-state index contributed by atoms with van der Waals surface area (Å²) in [6.45, 7) is 2.17. The van der Waals surface area contributed by atoms with Crippen molar-refractivity contribution in [2.45, 2.75) is 50.1 Å². The van der Waals surface area contributed by atoms with E-state index in [9.17, 15) is 4.79 Å². The summed E-state index contributed by atoms with van der Waals surface area (Å²) in [6, 6.07) is 3.09. The molecule has 5 heteroatoms. The largest absolute Gasteiger partial charge is 0.337 e. The van der Waals surface area contributed by atoms with Crippen LogP contribution in [0.3, 0.4) is 0 Å². The van der Waals surface area contributed by atoms with E-state index < -0.39 is 0 Å². The zero-order valence-electron chi connectivity index (χ0n) is 13.0. The summed E-state index contributed by atoms with van der Waals surface area (Å²) >= 11 is 3.46. The van der Waals surface area contributed by atoms with Gasteiger partial charge in [0, 0.05) is 48.8 Å². The second-order valence-electron chi connectivity index (χ2n) is 6.95. The predicted molar refractivity (Wildman–Crippen MR) is 89.0 cm³/mol. The molecule has 4 rings (SSSR count). The number of rotatable bonds is 4. The molecule has 2 heterocycles. The molecule has 0 N–H and O–H groups in total. The van der Waals surface area contributed by atoms with Crippen LogP contribution in [0.4, 0.5) is 0 Å². The quantitative estimate of drug-likeness (QED) is 0.824. The minimum Gasteiger partial charge on any atom is -0.337 e. The summed E-state index contributed by atoms with van der Waals surface area (Å²) in [5, 5.41) is 0. The van der Waals surface area contributed by atoms with Gasteiger partial charge in [-0.15, -0.1) is 0 Å². The van der Waals surface area contributed by atoms with Crippen LogP contribution in [0, 0.1) is 0 Å². The molecular formula is C17H22BrN3O. The lowest BCUT2D eigenvalue weighted by atomic mass is 10.1. The molecule has 0 bridgehead atoms. The number of hydrogen-bond donors (Lipinski definition) is 0. The van der Waals surface area contributed by atoms with Gasteiger partial charge in [-0.2, -0.15) is 0 Å². The Balaban J connectivity index is 1.52. The van der Waals surface area contributed by atoms with Crippen molar-refractivity contribution < 1.29 is 4.79 Å². The van der Waals surface area contributed by atoms with E-state index >= 15 is 0 Å². The van der Waals surface area contributed by atoms with Gasteiger partial charge in [0.05, 0.1) is 11.3 Å². The number of nitrogens with zero attached hydrogens (tertiary/aromatic N) is 3. The minimum absolute atomic E-state index is 0.137. The van der Waals surface area contributed by atoms with Gasteiger partial charge in [-0.3, -0.25) is 14.7 Å². The molecule has 1 unspecified atom stereocenters. The fraction of sp³-hybridized carbons (Fsp3) is 0.647. The number of carbonyl (C=O) groups is 1. The van der Waals surface area contributed by atoms with Crippen molar-refractivity contribution in [2.24, 2.45) is 0 Å². The Bertz CT molecular complexity index is 598. The lowest BCUT2D eigenvalue weighted by molar-refractivity contribution is 0.0733. The summed E-state index contributed by atoms with van der Waals surface area (Å²) in [7, 11) is 1.96. The molecule has 1 atom stereocenters. The first-order valence-electron chi connectivity index (χ1n) is 8.30. The fourth-order valence-electron chi connectivity index (χ4n) is 3.51. The van der Waals surface area contributed by atoms with Crippen molar-refractivity contribution >= 4 is 21.8 Å². The molecule has 22 heavy (non-hydrogen) atoms. The Kier molecular flexibility index (Phi) is 3.73. The van der Waals surface area contributed by atoms with Gasteiger partial charge in [0.2, 0.25) is 0 Å². The van der Waals surface area contributed by atoms with Crippen LogP contribution in [0.1, 0.15) is 54.1 Å². The van der Waals surface area contributed by atoms with Gasteiger partial charge in [-0.05, 0) is 54.1 Å². The molecule has 1 aliphatic heterocycles. The highest BCUT2D eigenvalue weighted by Gasteiger charge is 2.38. The van der Waals surface area contributed by atoms with Crippen LogP contribution in [-0.2, 0) is 0 Å². The molecule has 1 saturated heterocycles. The third kappa shape index (κ3) is 2.81. The smallest absolute Gasteiger partial charge is 0.255 e. The van der Waals surface area contributed by atoms with Crippen LogP contribution in [-0.4, -0.2) is 52.9 Å². The van der Waals surface area contributed by atoms with E-state index in [4.69, 9.17) is 0 Å². The van der Waals surface area contributed by atoms with Crippen LogP contribution in [0.15, 0.2) is 16.7 Å². The SMILES string of the molecule is CN(C(=O)c1cc(Br)cnc1C1CC1)C1CCN(C2CC2)C1. The van der Waals surface area contributed by atoms with Crippen molar-refractivity contribution in [3.05, 3.63) is 28.0 Å². The maximum atomic E-state index is 13.0. The molecule has 1 aromatic heterocycles. The van der Waals surface area contributed by atoms with Gasteiger partial charge >= 0.3 is 0 Å². The van der Waals surface area contributed by atoms with E-state index in [1.165, 1.54) is 12.8 Å². The normalized spacial score (nSPS) is 25.5. The van der Waals surface area contributed by atoms with E-state index in [1.807, 2.05) is 24.2 Å². The molecule has 1 amide bonds. The Morgan fingerprint density at radius 3 is 2.77 bits per heavy atom. The molecular weight excluding hydrogens is 342 g/mol. The molecule has 118 valence electrons. The fourth-order valence-corrected chi connectivity index (χ4v) is 3.85. The Hall–Kier alpha value is -0.940. The molecule has 0 aromatic carbocycles. The zero-order chi connectivity index (χ0) is 15.3. The average Bonchev–Trinajstić information content (AvgIpc) is 3.44. The second-order valence-corrected chi connectivity index (χ2v) is 7.86. The number of likely N-dealkylation sites (tertiary alicyclic amines) is 1. The summed E-state index contributed by atoms with van der Waals surface area (Å²) in [5.41, 5.74) is 1.79. The minimum atomic E-state index is 0.137. The number of carbonyl (C=O) groups excluding carboxylic acids is 1. The van der Waals surface area contributed by atoms with Crippen molar-refractivity contribution in [3.8, 4) is 0 Å². The lowest BCUT2D eigenvalue weighted by Crippen LogP contribution is -2.39. The van der Waals surface area contributed by atoms with Crippen LogP contribution in [0.2, 0.25) is 0 Å². The Labute approximate surface area is 140 Å². The topological polar surface area (TPSA) is 36.4 Å². The molecule has 4 nitrogen and oxygen atoms in total. The van der Waals surface area contributed by atoms with Crippen molar-refractivity contribution in [3.63, 3.8) is 0 Å². The molecule has 0 radical (unpaired) electrons. The molecule has 3 aliphatic rings. The maximum Gasteiger partial charge on any atom is 0.255 e. The number of hydrogen-bond acceptors (Lipinski definition) is 3. The van der Waals surface area contributed by atoms with E-state index in [0.29, 0.717) is 12.0 Å². The van der Waals surface area contributed by atoms with Crippen molar-refractivity contribution in [2.75, 3.05) is 20.1 Å². The highest BCUT2D eigenvalue weighted by atomic mass is 79.9. The van der Waals surface area contributed by atoms with Crippen molar-refractivity contribution in [1.29, 1.82) is 0 Å². The molecule has 0 spiro atoms. The highest BCUT2D eigenvalue weighted by molar-refractivity contribution is 9.10. The van der Waals surface area contributed by atoms with E-state index in [1.54, 1.807) is 0 Å². The highest BCUT2D eigenvalue weighted by Crippen LogP contribution is 2.41. The summed E-state index contributed by atoms with van der Waals surface area (Å²) < 4.78 is 0.889. The van der Waals surface area contributed by atoms with E-state index in [-0.39, 0.29) is 5.91 Å².